The Morgan fingerprint density at radius 1 is 1.37 bits per heavy atom. The Morgan fingerprint density at radius 3 is 2.93 bits per heavy atom. The number of rotatable bonds is 4. The average Bonchev–Trinajstić information content (AvgIpc) is 3.20. The summed E-state index contributed by atoms with van der Waals surface area (Å²) in [5, 5.41) is 8.37. The maximum absolute atomic E-state index is 12.6. The Balaban J connectivity index is 1.56. The monoisotopic (exact) mass is 384 g/mol. The van der Waals surface area contributed by atoms with Crippen molar-refractivity contribution < 1.29 is 9.21 Å². The fourth-order valence-corrected chi connectivity index (χ4v) is 3.85. The molecule has 1 N–H and O–H groups in total. The summed E-state index contributed by atoms with van der Waals surface area (Å²) in [7, 11) is 0. The number of hydrogen-bond acceptors (Lipinski definition) is 4. The number of hydrogen-bond donors (Lipinski definition) is 1. The molecule has 6 nitrogen and oxygen atoms in total. The van der Waals surface area contributed by atoms with Crippen LogP contribution in [-0.4, -0.2) is 20.7 Å². The quantitative estimate of drug-likeness (QED) is 0.737. The van der Waals surface area contributed by atoms with E-state index >= 15 is 0 Å². The van der Waals surface area contributed by atoms with Crippen molar-refractivity contribution in [3.05, 3.63) is 69.7 Å². The van der Waals surface area contributed by atoms with Gasteiger partial charge in [0.25, 0.3) is 5.91 Å². The van der Waals surface area contributed by atoms with Gasteiger partial charge in [-0.3, -0.25) is 9.48 Å². The van der Waals surface area contributed by atoms with Crippen LogP contribution < -0.4 is 5.32 Å². The lowest BCUT2D eigenvalue weighted by Gasteiger charge is -2.24. The second-order valence-corrected chi connectivity index (χ2v) is 7.27. The fraction of sp³-hybridized carbons (Fsp3) is 0.350. The Morgan fingerprint density at radius 2 is 2.19 bits per heavy atom. The molecule has 0 unspecified atom stereocenters. The molecule has 0 saturated carbocycles. The molecular weight excluding hydrogens is 364 g/mol. The van der Waals surface area contributed by atoms with Crippen LogP contribution in [0.2, 0.25) is 5.02 Å². The van der Waals surface area contributed by atoms with Crippen molar-refractivity contribution in [3.63, 3.8) is 0 Å². The molecule has 4 rings (SSSR count). The molecule has 1 amide bonds. The molecule has 2 aromatic heterocycles. The molecule has 1 aliphatic rings. The first-order chi connectivity index (χ1) is 13.0. The maximum atomic E-state index is 12.6. The van der Waals surface area contributed by atoms with Gasteiger partial charge in [-0.05, 0) is 37.8 Å². The molecule has 27 heavy (non-hydrogen) atoms. The van der Waals surface area contributed by atoms with Crippen molar-refractivity contribution in [2.24, 2.45) is 0 Å². The van der Waals surface area contributed by atoms with Gasteiger partial charge in [-0.2, -0.15) is 5.10 Å². The van der Waals surface area contributed by atoms with E-state index in [0.717, 1.165) is 41.1 Å². The number of halogens is 1. The smallest absolute Gasteiger partial charge is 0.289 e. The van der Waals surface area contributed by atoms with Crippen LogP contribution in [0.5, 0.6) is 0 Å². The van der Waals surface area contributed by atoms with Crippen molar-refractivity contribution in [3.8, 4) is 0 Å². The number of benzene rings is 1. The van der Waals surface area contributed by atoms with E-state index < -0.39 is 0 Å². The van der Waals surface area contributed by atoms with E-state index in [2.05, 4.69) is 15.4 Å². The molecule has 1 atom stereocenters. The molecule has 140 valence electrons. The average molecular weight is 385 g/mol. The summed E-state index contributed by atoms with van der Waals surface area (Å²) in [5.41, 5.74) is 3.85. The Bertz CT molecular complexity index is 992. The number of fused-ring (bicyclic) bond motifs is 1. The van der Waals surface area contributed by atoms with Crippen LogP contribution >= 0.6 is 11.6 Å². The first-order valence-electron chi connectivity index (χ1n) is 9.06. The predicted octanol–water partition coefficient (Wildman–Crippen LogP) is 4.00. The fourth-order valence-electron chi connectivity index (χ4n) is 3.66. The standard InChI is InChI=1S/C20H21ClN4O2/c1-12-19(27-13(2)23-12)20(26)24-17-8-5-9-18-15(17)10-22-25(18)11-14-6-3-4-7-16(14)21/h3-4,6-7,10,17H,5,8-9,11H2,1-2H3,(H,24,26)/t17-/m1/s1. The van der Waals surface area contributed by atoms with Crippen molar-refractivity contribution in [2.75, 3.05) is 0 Å². The molecule has 7 heteroatoms. The van der Waals surface area contributed by atoms with Crippen LogP contribution in [0, 0.1) is 13.8 Å². The number of carbonyl (C=O) groups is 1. The first kappa shape index (κ1) is 17.8. The molecule has 0 aliphatic heterocycles. The Labute approximate surface area is 162 Å². The molecule has 0 spiro atoms. The third-order valence-electron chi connectivity index (χ3n) is 4.96. The van der Waals surface area contributed by atoms with Crippen molar-refractivity contribution in [1.29, 1.82) is 0 Å². The van der Waals surface area contributed by atoms with Gasteiger partial charge in [0.15, 0.2) is 5.89 Å². The molecule has 1 aromatic carbocycles. The minimum Gasteiger partial charge on any atom is -0.436 e. The lowest BCUT2D eigenvalue weighted by Crippen LogP contribution is -2.31. The third kappa shape index (κ3) is 3.49. The molecule has 0 bridgehead atoms. The van der Waals surface area contributed by atoms with Gasteiger partial charge < -0.3 is 9.73 Å². The van der Waals surface area contributed by atoms with Crippen LogP contribution in [0.3, 0.4) is 0 Å². The summed E-state index contributed by atoms with van der Waals surface area (Å²) in [6, 6.07) is 7.71. The van der Waals surface area contributed by atoms with E-state index in [-0.39, 0.29) is 17.7 Å². The second-order valence-electron chi connectivity index (χ2n) is 6.86. The van der Waals surface area contributed by atoms with Gasteiger partial charge in [-0.25, -0.2) is 4.98 Å². The van der Waals surface area contributed by atoms with Gasteiger partial charge in [0.2, 0.25) is 5.76 Å². The lowest BCUT2D eigenvalue weighted by atomic mass is 9.92. The minimum absolute atomic E-state index is 0.0777. The second kappa shape index (κ2) is 7.19. The summed E-state index contributed by atoms with van der Waals surface area (Å²) in [5.74, 6) is 0.544. The van der Waals surface area contributed by atoms with E-state index in [4.69, 9.17) is 16.0 Å². The van der Waals surface area contributed by atoms with Crippen LogP contribution in [0.15, 0.2) is 34.9 Å². The number of oxazole rings is 1. The van der Waals surface area contributed by atoms with Gasteiger partial charge in [-0.1, -0.05) is 29.8 Å². The number of carbonyl (C=O) groups excluding carboxylic acids is 1. The first-order valence-corrected chi connectivity index (χ1v) is 9.43. The van der Waals surface area contributed by atoms with Gasteiger partial charge in [0.05, 0.1) is 24.5 Å². The highest BCUT2D eigenvalue weighted by Gasteiger charge is 2.27. The highest BCUT2D eigenvalue weighted by molar-refractivity contribution is 6.31. The van der Waals surface area contributed by atoms with Crippen molar-refractivity contribution >= 4 is 17.5 Å². The van der Waals surface area contributed by atoms with Crippen LogP contribution in [0.25, 0.3) is 0 Å². The van der Waals surface area contributed by atoms with E-state index in [0.29, 0.717) is 18.1 Å². The topological polar surface area (TPSA) is 73.0 Å². The largest absolute Gasteiger partial charge is 0.436 e. The Kier molecular flexibility index (Phi) is 4.74. The van der Waals surface area contributed by atoms with Crippen LogP contribution in [-0.2, 0) is 13.0 Å². The van der Waals surface area contributed by atoms with Gasteiger partial charge in [-0.15, -0.1) is 0 Å². The minimum atomic E-state index is -0.232. The number of amides is 1. The predicted molar refractivity (Wildman–Crippen MR) is 102 cm³/mol. The van der Waals surface area contributed by atoms with Gasteiger partial charge in [0.1, 0.15) is 0 Å². The van der Waals surface area contributed by atoms with Gasteiger partial charge in [0, 0.05) is 23.2 Å². The highest BCUT2D eigenvalue weighted by Crippen LogP contribution is 2.31. The van der Waals surface area contributed by atoms with E-state index in [1.807, 2.05) is 35.1 Å². The molecular formula is C20H21ClN4O2. The SMILES string of the molecule is Cc1nc(C)c(C(=O)N[C@@H]2CCCc3c2cnn3Cc2ccccc2Cl)o1. The zero-order chi connectivity index (χ0) is 19.0. The molecule has 1 aliphatic carbocycles. The highest BCUT2D eigenvalue weighted by atomic mass is 35.5. The Hall–Kier alpha value is -2.60. The summed E-state index contributed by atoms with van der Waals surface area (Å²) in [6.07, 6.45) is 4.66. The molecule has 3 aromatic rings. The summed E-state index contributed by atoms with van der Waals surface area (Å²) in [4.78, 5) is 16.8. The van der Waals surface area contributed by atoms with Crippen LogP contribution in [0.1, 0.15) is 57.8 Å². The molecule has 0 saturated heterocycles. The van der Waals surface area contributed by atoms with Crippen molar-refractivity contribution in [2.45, 2.75) is 45.7 Å². The number of nitrogens with one attached hydrogen (secondary N) is 1. The zero-order valence-corrected chi connectivity index (χ0v) is 16.1. The summed E-state index contributed by atoms with van der Waals surface area (Å²) in [6.45, 7) is 4.14. The zero-order valence-electron chi connectivity index (χ0n) is 15.3. The number of nitrogens with zero attached hydrogens (tertiary/aromatic N) is 3. The van der Waals surface area contributed by atoms with Crippen molar-refractivity contribution in [1.82, 2.24) is 20.1 Å². The van der Waals surface area contributed by atoms with E-state index in [1.54, 1.807) is 13.8 Å². The van der Waals surface area contributed by atoms with Crippen LogP contribution in [0.4, 0.5) is 0 Å². The number of aryl methyl sites for hydroxylation is 2. The number of aromatic nitrogens is 3. The summed E-state index contributed by atoms with van der Waals surface area (Å²) < 4.78 is 7.43. The lowest BCUT2D eigenvalue weighted by molar-refractivity contribution is 0.0902. The third-order valence-corrected chi connectivity index (χ3v) is 5.32. The molecule has 2 heterocycles. The summed E-state index contributed by atoms with van der Waals surface area (Å²) >= 11 is 6.29. The normalized spacial score (nSPS) is 16.2. The van der Waals surface area contributed by atoms with Gasteiger partial charge >= 0.3 is 0 Å². The van der Waals surface area contributed by atoms with E-state index in [9.17, 15) is 4.79 Å². The molecule has 0 fully saturated rings. The maximum Gasteiger partial charge on any atom is 0.289 e. The van der Waals surface area contributed by atoms with E-state index in [1.165, 1.54) is 0 Å². The molecule has 0 radical (unpaired) electrons.